The van der Waals surface area contributed by atoms with Crippen molar-refractivity contribution in [2.45, 2.75) is 38.8 Å². The van der Waals surface area contributed by atoms with Crippen LogP contribution in [0.3, 0.4) is 0 Å². The molecule has 1 aromatic rings. The Hall–Kier alpha value is -1.93. The number of hydrogen-bond donors (Lipinski definition) is 1. The fraction of sp³-hybridized carbons (Fsp3) is 0.632. The maximum absolute atomic E-state index is 12.2. The molecule has 1 atom stereocenters. The number of amides is 4. The molecule has 1 aliphatic carbocycles. The number of piperidine rings is 1. The fourth-order valence-corrected chi connectivity index (χ4v) is 5.13. The van der Waals surface area contributed by atoms with Crippen LogP contribution in [0, 0.1) is 5.41 Å². The molecular weight excluding hydrogens is 364 g/mol. The Bertz CT molecular complexity index is 711. The minimum atomic E-state index is -0.277. The van der Waals surface area contributed by atoms with Crippen molar-refractivity contribution in [1.82, 2.24) is 20.0 Å². The molecule has 1 unspecified atom stereocenters. The standard InChI is InChI=1S/C19H26N4O3S/c1-14(24)23(12-15-2-9-27-13-15)16-10-19(16)3-5-21(6-4-19)7-8-22-17(25)11-20-18(22)26/h2,9,13,16H,3-8,10-12H2,1H3,(H,20,26). The third-order valence-electron chi connectivity index (χ3n) is 6.29. The first-order valence-electron chi connectivity index (χ1n) is 9.57. The predicted molar refractivity (Wildman–Crippen MR) is 102 cm³/mol. The number of nitrogens with one attached hydrogen (secondary N) is 1. The highest BCUT2D eigenvalue weighted by Crippen LogP contribution is 2.57. The van der Waals surface area contributed by atoms with Crippen LogP contribution in [0.1, 0.15) is 31.7 Å². The number of carbonyl (C=O) groups is 3. The molecule has 3 aliphatic rings. The van der Waals surface area contributed by atoms with Gasteiger partial charge in [0.25, 0.3) is 0 Å². The summed E-state index contributed by atoms with van der Waals surface area (Å²) >= 11 is 1.67. The molecule has 1 saturated carbocycles. The number of thiophene rings is 1. The fourth-order valence-electron chi connectivity index (χ4n) is 4.47. The minimum absolute atomic E-state index is 0.120. The van der Waals surface area contributed by atoms with Gasteiger partial charge in [-0.05, 0) is 60.2 Å². The van der Waals surface area contributed by atoms with Gasteiger partial charge in [0, 0.05) is 32.6 Å². The number of urea groups is 1. The average Bonchev–Trinajstić information content (AvgIpc) is 2.96. The summed E-state index contributed by atoms with van der Waals surface area (Å²) in [5.74, 6) is 0.0188. The molecule has 0 bridgehead atoms. The molecule has 1 aromatic heterocycles. The summed E-state index contributed by atoms with van der Waals surface area (Å²) in [7, 11) is 0. The van der Waals surface area contributed by atoms with E-state index in [1.54, 1.807) is 18.3 Å². The van der Waals surface area contributed by atoms with Gasteiger partial charge in [0.15, 0.2) is 0 Å². The van der Waals surface area contributed by atoms with E-state index in [-0.39, 0.29) is 29.8 Å². The third kappa shape index (κ3) is 3.73. The molecule has 1 N–H and O–H groups in total. The van der Waals surface area contributed by atoms with Crippen molar-refractivity contribution in [2.24, 2.45) is 5.41 Å². The van der Waals surface area contributed by atoms with Crippen LogP contribution in [0.25, 0.3) is 0 Å². The predicted octanol–water partition coefficient (Wildman–Crippen LogP) is 1.50. The minimum Gasteiger partial charge on any atom is -0.335 e. The lowest BCUT2D eigenvalue weighted by molar-refractivity contribution is -0.130. The SMILES string of the molecule is CC(=O)N(Cc1ccsc1)C1CC12CCN(CCN1C(=O)CNC1=O)CC2. The summed E-state index contributed by atoms with van der Waals surface area (Å²) in [5.41, 5.74) is 1.47. The van der Waals surface area contributed by atoms with Gasteiger partial charge in [-0.3, -0.25) is 14.5 Å². The van der Waals surface area contributed by atoms with Gasteiger partial charge in [0.05, 0.1) is 6.54 Å². The van der Waals surface area contributed by atoms with E-state index in [4.69, 9.17) is 0 Å². The normalized spacial score (nSPS) is 24.3. The second-order valence-electron chi connectivity index (χ2n) is 7.91. The Labute approximate surface area is 163 Å². The topological polar surface area (TPSA) is 73.0 Å². The molecule has 4 rings (SSSR count). The van der Waals surface area contributed by atoms with Crippen LogP contribution < -0.4 is 5.32 Å². The van der Waals surface area contributed by atoms with Crippen LogP contribution in [-0.2, 0) is 16.1 Å². The number of nitrogens with zero attached hydrogens (tertiary/aromatic N) is 3. The average molecular weight is 391 g/mol. The molecule has 146 valence electrons. The first kappa shape index (κ1) is 18.4. The van der Waals surface area contributed by atoms with Crippen molar-refractivity contribution in [2.75, 3.05) is 32.7 Å². The zero-order valence-electron chi connectivity index (χ0n) is 15.6. The van der Waals surface area contributed by atoms with E-state index >= 15 is 0 Å². The number of likely N-dealkylation sites (tertiary alicyclic amines) is 1. The largest absolute Gasteiger partial charge is 0.335 e. The molecule has 7 nitrogen and oxygen atoms in total. The van der Waals surface area contributed by atoms with E-state index in [0.717, 1.165) is 38.9 Å². The van der Waals surface area contributed by atoms with Crippen LogP contribution in [0.15, 0.2) is 16.8 Å². The van der Waals surface area contributed by atoms with Crippen LogP contribution >= 0.6 is 11.3 Å². The highest BCUT2D eigenvalue weighted by atomic mass is 32.1. The molecule has 8 heteroatoms. The van der Waals surface area contributed by atoms with Crippen molar-refractivity contribution < 1.29 is 14.4 Å². The molecule has 3 fully saturated rings. The van der Waals surface area contributed by atoms with E-state index < -0.39 is 0 Å². The molecule has 2 aliphatic heterocycles. The second kappa shape index (κ2) is 7.24. The smallest absolute Gasteiger partial charge is 0.324 e. The first-order chi connectivity index (χ1) is 13.0. The van der Waals surface area contributed by atoms with Gasteiger partial charge >= 0.3 is 6.03 Å². The maximum Gasteiger partial charge on any atom is 0.324 e. The lowest BCUT2D eigenvalue weighted by atomic mass is 9.92. The van der Waals surface area contributed by atoms with E-state index in [9.17, 15) is 14.4 Å². The van der Waals surface area contributed by atoms with Gasteiger partial charge in [-0.1, -0.05) is 0 Å². The van der Waals surface area contributed by atoms with Crippen LogP contribution in [0.2, 0.25) is 0 Å². The Balaban J connectivity index is 1.28. The van der Waals surface area contributed by atoms with Gasteiger partial charge in [-0.2, -0.15) is 11.3 Å². The Kier molecular flexibility index (Phi) is 4.94. The highest BCUT2D eigenvalue weighted by molar-refractivity contribution is 7.07. The third-order valence-corrected chi connectivity index (χ3v) is 7.02. The van der Waals surface area contributed by atoms with Gasteiger partial charge in [-0.15, -0.1) is 0 Å². The lowest BCUT2D eigenvalue weighted by Crippen LogP contribution is -2.44. The van der Waals surface area contributed by atoms with Crippen molar-refractivity contribution >= 4 is 29.2 Å². The van der Waals surface area contributed by atoms with Gasteiger partial charge < -0.3 is 15.1 Å². The number of hydrogen-bond acceptors (Lipinski definition) is 5. The van der Waals surface area contributed by atoms with E-state index in [2.05, 4.69) is 27.0 Å². The van der Waals surface area contributed by atoms with Gasteiger partial charge in [0.2, 0.25) is 11.8 Å². The highest BCUT2D eigenvalue weighted by Gasteiger charge is 2.58. The summed E-state index contributed by atoms with van der Waals surface area (Å²) in [5, 5.41) is 6.73. The van der Waals surface area contributed by atoms with E-state index in [0.29, 0.717) is 19.1 Å². The molecule has 0 aromatic carbocycles. The summed E-state index contributed by atoms with van der Waals surface area (Å²) < 4.78 is 0. The van der Waals surface area contributed by atoms with Gasteiger partial charge in [0.1, 0.15) is 0 Å². The summed E-state index contributed by atoms with van der Waals surface area (Å²) in [6, 6.07) is 2.16. The Morgan fingerprint density at radius 3 is 2.70 bits per heavy atom. The maximum atomic E-state index is 12.2. The molecule has 2 saturated heterocycles. The monoisotopic (exact) mass is 390 g/mol. The number of rotatable bonds is 6. The van der Waals surface area contributed by atoms with E-state index in [1.165, 1.54) is 10.5 Å². The summed E-state index contributed by atoms with van der Waals surface area (Å²) in [6.07, 6.45) is 3.24. The number of imide groups is 1. The number of carbonyl (C=O) groups excluding carboxylic acids is 3. The Morgan fingerprint density at radius 2 is 2.11 bits per heavy atom. The molecule has 0 radical (unpaired) electrons. The molecule has 4 amide bonds. The van der Waals surface area contributed by atoms with Crippen LogP contribution in [0.4, 0.5) is 4.79 Å². The molecule has 1 spiro atoms. The van der Waals surface area contributed by atoms with E-state index in [1.807, 2.05) is 4.90 Å². The molecule has 27 heavy (non-hydrogen) atoms. The van der Waals surface area contributed by atoms with Crippen LogP contribution in [-0.4, -0.2) is 71.3 Å². The zero-order chi connectivity index (χ0) is 19.0. The summed E-state index contributed by atoms with van der Waals surface area (Å²) in [4.78, 5) is 41.2. The summed E-state index contributed by atoms with van der Waals surface area (Å²) in [6.45, 7) is 5.61. The second-order valence-corrected chi connectivity index (χ2v) is 8.69. The van der Waals surface area contributed by atoms with Crippen molar-refractivity contribution in [3.05, 3.63) is 22.4 Å². The van der Waals surface area contributed by atoms with Crippen LogP contribution in [0.5, 0.6) is 0 Å². The van der Waals surface area contributed by atoms with Gasteiger partial charge in [-0.25, -0.2) is 4.79 Å². The van der Waals surface area contributed by atoms with Crippen molar-refractivity contribution in [1.29, 1.82) is 0 Å². The zero-order valence-corrected chi connectivity index (χ0v) is 16.5. The van der Waals surface area contributed by atoms with Crippen molar-refractivity contribution in [3.63, 3.8) is 0 Å². The lowest BCUT2D eigenvalue weighted by Gasteiger charge is -2.35. The van der Waals surface area contributed by atoms with Crippen molar-refractivity contribution in [3.8, 4) is 0 Å². The molecule has 3 heterocycles. The molecular formula is C19H26N4O3S. The first-order valence-corrected chi connectivity index (χ1v) is 10.5. The quantitative estimate of drug-likeness (QED) is 0.747. The Morgan fingerprint density at radius 1 is 1.33 bits per heavy atom.